The van der Waals surface area contributed by atoms with Crippen LogP contribution in [-0.2, 0) is 9.53 Å². The quantitative estimate of drug-likeness (QED) is 0.423. The molecule has 1 saturated heterocycles. The van der Waals surface area contributed by atoms with Gasteiger partial charge in [-0.25, -0.2) is 0 Å². The highest BCUT2D eigenvalue weighted by atomic mass is 16.5. The number of esters is 1. The lowest BCUT2D eigenvalue weighted by molar-refractivity contribution is -0.156. The zero-order chi connectivity index (χ0) is 9.47. The first-order valence-corrected chi connectivity index (χ1v) is 5.01. The number of hydrogen-bond acceptors (Lipinski definition) is 2. The second-order valence-corrected chi connectivity index (χ2v) is 4.33. The summed E-state index contributed by atoms with van der Waals surface area (Å²) >= 11 is 0. The van der Waals surface area contributed by atoms with E-state index in [1.54, 1.807) is 0 Å². The average Bonchev–Trinajstić information content (AvgIpc) is 2.08. The molecule has 0 radical (unpaired) electrons. The molecular weight excluding hydrogens is 164 g/mol. The number of carbonyl (C=O) groups is 1. The van der Waals surface area contributed by atoms with Crippen LogP contribution in [0.3, 0.4) is 0 Å². The van der Waals surface area contributed by atoms with Gasteiger partial charge in [-0.3, -0.25) is 4.79 Å². The maximum absolute atomic E-state index is 11.6. The summed E-state index contributed by atoms with van der Waals surface area (Å²) < 4.78 is 5.13. The standard InChI is InChI=1S/C11H16O2/c1-8-4-3-6-11(2)9(8)5-7-13-10(11)12/h3-7H2,1-2H3/t11-/m0/s1. The fraction of sp³-hybridized carbons (Fsp3) is 0.727. The summed E-state index contributed by atoms with van der Waals surface area (Å²) in [4.78, 5) is 11.6. The van der Waals surface area contributed by atoms with Crippen molar-refractivity contribution in [3.05, 3.63) is 11.1 Å². The van der Waals surface area contributed by atoms with Crippen molar-refractivity contribution in [1.29, 1.82) is 0 Å². The molecule has 0 aromatic rings. The van der Waals surface area contributed by atoms with E-state index < -0.39 is 0 Å². The lowest BCUT2D eigenvalue weighted by atomic mass is 9.69. The van der Waals surface area contributed by atoms with Crippen LogP contribution in [-0.4, -0.2) is 12.6 Å². The second kappa shape index (κ2) is 2.86. The Morgan fingerprint density at radius 3 is 2.85 bits per heavy atom. The lowest BCUT2D eigenvalue weighted by Crippen LogP contribution is -2.39. The Morgan fingerprint density at radius 2 is 2.15 bits per heavy atom. The highest BCUT2D eigenvalue weighted by Crippen LogP contribution is 2.45. The first-order chi connectivity index (χ1) is 6.14. The third-order valence-corrected chi connectivity index (χ3v) is 3.45. The van der Waals surface area contributed by atoms with E-state index in [2.05, 4.69) is 6.92 Å². The number of allylic oxidation sites excluding steroid dienone is 1. The maximum Gasteiger partial charge on any atom is 0.315 e. The molecule has 0 aromatic carbocycles. The van der Waals surface area contributed by atoms with Crippen LogP contribution in [0.25, 0.3) is 0 Å². The van der Waals surface area contributed by atoms with Gasteiger partial charge < -0.3 is 4.74 Å². The fourth-order valence-corrected chi connectivity index (χ4v) is 2.60. The number of rotatable bonds is 0. The molecule has 2 nitrogen and oxygen atoms in total. The third-order valence-electron chi connectivity index (χ3n) is 3.45. The van der Waals surface area contributed by atoms with Crippen molar-refractivity contribution >= 4 is 5.97 Å². The third kappa shape index (κ3) is 1.19. The Balaban J connectivity index is 2.43. The molecule has 1 aliphatic heterocycles. The van der Waals surface area contributed by atoms with Gasteiger partial charge in [0.15, 0.2) is 0 Å². The van der Waals surface area contributed by atoms with E-state index in [1.807, 2.05) is 6.92 Å². The van der Waals surface area contributed by atoms with Gasteiger partial charge in [-0.1, -0.05) is 11.1 Å². The van der Waals surface area contributed by atoms with E-state index in [-0.39, 0.29) is 11.4 Å². The van der Waals surface area contributed by atoms with Gasteiger partial charge in [-0.15, -0.1) is 0 Å². The minimum atomic E-state index is -0.277. The van der Waals surface area contributed by atoms with Crippen molar-refractivity contribution in [3.8, 4) is 0 Å². The van der Waals surface area contributed by atoms with Gasteiger partial charge in [0.05, 0.1) is 12.0 Å². The molecule has 2 heteroatoms. The Kier molecular flexibility index (Phi) is 1.94. The molecule has 0 saturated carbocycles. The summed E-state index contributed by atoms with van der Waals surface area (Å²) in [6, 6.07) is 0. The van der Waals surface area contributed by atoms with Crippen molar-refractivity contribution in [2.75, 3.05) is 6.61 Å². The summed E-state index contributed by atoms with van der Waals surface area (Å²) in [5.74, 6) is -0.00667. The van der Waals surface area contributed by atoms with Crippen LogP contribution in [0.2, 0.25) is 0 Å². The molecule has 0 N–H and O–H groups in total. The summed E-state index contributed by atoms with van der Waals surface area (Å²) in [5.41, 5.74) is 2.50. The Labute approximate surface area is 79.0 Å². The smallest absolute Gasteiger partial charge is 0.315 e. The van der Waals surface area contributed by atoms with Crippen LogP contribution in [0.15, 0.2) is 11.1 Å². The molecule has 1 aliphatic carbocycles. The van der Waals surface area contributed by atoms with Crippen LogP contribution < -0.4 is 0 Å². The topological polar surface area (TPSA) is 26.3 Å². The maximum atomic E-state index is 11.6. The number of fused-ring (bicyclic) bond motifs is 1. The average molecular weight is 180 g/mol. The molecule has 0 aromatic heterocycles. The van der Waals surface area contributed by atoms with Crippen LogP contribution in [0.5, 0.6) is 0 Å². The lowest BCUT2D eigenvalue weighted by Gasteiger charge is -2.38. The van der Waals surface area contributed by atoms with Gasteiger partial charge in [-0.2, -0.15) is 0 Å². The SMILES string of the molecule is CC1=C2CCOC(=O)[C@@]2(C)CCC1. The monoisotopic (exact) mass is 180 g/mol. The number of hydrogen-bond donors (Lipinski definition) is 0. The molecule has 1 atom stereocenters. The molecule has 1 fully saturated rings. The molecule has 0 amide bonds. The molecule has 2 rings (SSSR count). The highest BCUT2D eigenvalue weighted by Gasteiger charge is 2.43. The Bertz CT molecular complexity index is 278. The van der Waals surface area contributed by atoms with Gasteiger partial charge in [0.25, 0.3) is 0 Å². The van der Waals surface area contributed by atoms with Crippen molar-refractivity contribution in [1.82, 2.24) is 0 Å². The van der Waals surface area contributed by atoms with Gasteiger partial charge >= 0.3 is 5.97 Å². The van der Waals surface area contributed by atoms with Crippen molar-refractivity contribution in [2.45, 2.75) is 39.5 Å². The van der Waals surface area contributed by atoms with Crippen LogP contribution in [0, 0.1) is 5.41 Å². The minimum absolute atomic E-state index is 0.00667. The number of carbonyl (C=O) groups excluding carboxylic acids is 1. The van der Waals surface area contributed by atoms with Crippen LogP contribution >= 0.6 is 0 Å². The van der Waals surface area contributed by atoms with Crippen molar-refractivity contribution in [2.24, 2.45) is 5.41 Å². The molecule has 0 bridgehead atoms. The number of ether oxygens (including phenoxy) is 1. The highest BCUT2D eigenvalue weighted by molar-refractivity contribution is 5.81. The van der Waals surface area contributed by atoms with Crippen molar-refractivity contribution in [3.63, 3.8) is 0 Å². The van der Waals surface area contributed by atoms with Gasteiger partial charge in [0, 0.05) is 6.42 Å². The molecule has 0 unspecified atom stereocenters. The number of cyclic esters (lactones) is 1. The summed E-state index contributed by atoms with van der Waals surface area (Å²) in [7, 11) is 0. The van der Waals surface area contributed by atoms with Gasteiger partial charge in [0.1, 0.15) is 0 Å². The van der Waals surface area contributed by atoms with Crippen LogP contribution in [0.4, 0.5) is 0 Å². The Hall–Kier alpha value is -0.790. The van der Waals surface area contributed by atoms with Crippen LogP contribution in [0.1, 0.15) is 39.5 Å². The summed E-state index contributed by atoms with van der Waals surface area (Å²) in [5, 5.41) is 0. The Morgan fingerprint density at radius 1 is 1.38 bits per heavy atom. The summed E-state index contributed by atoms with van der Waals surface area (Å²) in [6.45, 7) is 4.78. The van der Waals surface area contributed by atoms with E-state index >= 15 is 0 Å². The fourth-order valence-electron chi connectivity index (χ4n) is 2.60. The predicted octanol–water partition coefficient (Wildman–Crippen LogP) is 2.44. The van der Waals surface area contributed by atoms with E-state index in [0.717, 1.165) is 25.7 Å². The van der Waals surface area contributed by atoms with Gasteiger partial charge in [0.2, 0.25) is 0 Å². The minimum Gasteiger partial charge on any atom is -0.465 e. The zero-order valence-electron chi connectivity index (χ0n) is 8.35. The van der Waals surface area contributed by atoms with Gasteiger partial charge in [-0.05, 0) is 33.1 Å². The second-order valence-electron chi connectivity index (χ2n) is 4.33. The molecule has 72 valence electrons. The zero-order valence-corrected chi connectivity index (χ0v) is 8.35. The molecule has 0 spiro atoms. The van der Waals surface area contributed by atoms with E-state index in [4.69, 9.17) is 4.74 Å². The normalized spacial score (nSPS) is 34.2. The van der Waals surface area contributed by atoms with E-state index in [9.17, 15) is 4.79 Å². The van der Waals surface area contributed by atoms with E-state index in [0.29, 0.717) is 6.61 Å². The van der Waals surface area contributed by atoms with E-state index in [1.165, 1.54) is 11.1 Å². The molecule has 13 heavy (non-hydrogen) atoms. The molecule has 1 heterocycles. The summed E-state index contributed by atoms with van der Waals surface area (Å²) in [6.07, 6.45) is 4.21. The van der Waals surface area contributed by atoms with Crippen molar-refractivity contribution < 1.29 is 9.53 Å². The molecule has 2 aliphatic rings. The molecular formula is C11H16O2. The first kappa shape index (κ1) is 8.79. The first-order valence-electron chi connectivity index (χ1n) is 5.01. The largest absolute Gasteiger partial charge is 0.465 e. The predicted molar refractivity (Wildman–Crippen MR) is 50.2 cm³/mol.